The highest BCUT2D eigenvalue weighted by Gasteiger charge is 2.20. The quantitative estimate of drug-likeness (QED) is 0.552. The molecule has 0 aromatic heterocycles. The van der Waals surface area contributed by atoms with E-state index in [9.17, 15) is 9.59 Å². The van der Waals surface area contributed by atoms with Crippen LogP contribution in [0.4, 0.5) is 5.69 Å². The molecule has 1 saturated heterocycles. The van der Waals surface area contributed by atoms with E-state index in [-0.39, 0.29) is 16.9 Å². The van der Waals surface area contributed by atoms with Crippen LogP contribution in [0, 0.1) is 0 Å². The first-order valence-corrected chi connectivity index (χ1v) is 10.4. The number of para-hydroxylation sites is 1. The van der Waals surface area contributed by atoms with E-state index >= 15 is 0 Å². The molecule has 0 radical (unpaired) electrons. The normalized spacial score (nSPS) is 14.3. The summed E-state index contributed by atoms with van der Waals surface area (Å²) >= 11 is 5.24. The summed E-state index contributed by atoms with van der Waals surface area (Å²) in [6, 6.07) is 14.5. The molecule has 0 bridgehead atoms. The molecule has 2 aromatic rings. The number of methoxy groups -OCH3 is 1. The molecule has 2 N–H and O–H groups in total. The predicted molar refractivity (Wildman–Crippen MR) is 126 cm³/mol. The van der Waals surface area contributed by atoms with Gasteiger partial charge in [0.15, 0.2) is 5.11 Å². The summed E-state index contributed by atoms with van der Waals surface area (Å²) in [6.07, 6.45) is 3.05. The van der Waals surface area contributed by atoms with Crippen molar-refractivity contribution in [2.24, 2.45) is 0 Å². The second kappa shape index (κ2) is 10.7. The minimum Gasteiger partial charge on any atom is -0.496 e. The van der Waals surface area contributed by atoms with E-state index in [0.717, 1.165) is 18.7 Å². The number of piperazine rings is 1. The van der Waals surface area contributed by atoms with Crippen LogP contribution in [-0.4, -0.2) is 67.1 Å². The minimum atomic E-state index is -0.368. The van der Waals surface area contributed by atoms with Crippen LogP contribution in [-0.2, 0) is 4.79 Å². The van der Waals surface area contributed by atoms with Gasteiger partial charge in [0.2, 0.25) is 5.91 Å². The van der Waals surface area contributed by atoms with Gasteiger partial charge in [-0.05, 0) is 49.6 Å². The van der Waals surface area contributed by atoms with Crippen LogP contribution in [0.15, 0.2) is 54.6 Å². The fourth-order valence-corrected chi connectivity index (χ4v) is 3.43. The van der Waals surface area contributed by atoms with E-state index in [0.29, 0.717) is 30.1 Å². The van der Waals surface area contributed by atoms with Crippen LogP contribution in [0.25, 0.3) is 6.08 Å². The average Bonchev–Trinajstić information content (AvgIpc) is 2.78. The third kappa shape index (κ3) is 6.37. The third-order valence-corrected chi connectivity index (χ3v) is 5.15. The van der Waals surface area contributed by atoms with Crippen molar-refractivity contribution < 1.29 is 14.3 Å². The van der Waals surface area contributed by atoms with Gasteiger partial charge in [0.25, 0.3) is 5.91 Å². The Morgan fingerprint density at radius 2 is 1.81 bits per heavy atom. The summed E-state index contributed by atoms with van der Waals surface area (Å²) in [7, 11) is 3.63. The number of hydrogen-bond donors (Lipinski definition) is 2. The number of likely N-dealkylation sites (N-methyl/N-ethyl adjacent to an activating group) is 1. The van der Waals surface area contributed by atoms with Gasteiger partial charge in [0, 0.05) is 49.1 Å². The van der Waals surface area contributed by atoms with Crippen LogP contribution >= 0.6 is 12.2 Å². The van der Waals surface area contributed by atoms with Crippen LogP contribution in [0.5, 0.6) is 5.75 Å². The Labute approximate surface area is 187 Å². The van der Waals surface area contributed by atoms with E-state index in [1.807, 2.05) is 36.2 Å². The number of amides is 2. The monoisotopic (exact) mass is 438 g/mol. The maximum atomic E-state index is 12.8. The molecule has 3 rings (SSSR count). The largest absolute Gasteiger partial charge is 0.496 e. The first-order chi connectivity index (χ1) is 15.0. The van der Waals surface area contributed by atoms with Crippen molar-refractivity contribution in [3.63, 3.8) is 0 Å². The van der Waals surface area contributed by atoms with E-state index < -0.39 is 0 Å². The molecule has 1 fully saturated rings. The lowest BCUT2D eigenvalue weighted by molar-refractivity contribution is -0.115. The molecule has 0 aliphatic carbocycles. The van der Waals surface area contributed by atoms with Gasteiger partial charge in [0.1, 0.15) is 5.75 Å². The maximum absolute atomic E-state index is 12.8. The van der Waals surface area contributed by atoms with Crippen LogP contribution < -0.4 is 15.4 Å². The molecule has 0 unspecified atom stereocenters. The molecular formula is C23H26N4O3S. The summed E-state index contributed by atoms with van der Waals surface area (Å²) in [4.78, 5) is 29.0. The molecule has 162 valence electrons. The molecule has 0 spiro atoms. The van der Waals surface area contributed by atoms with Crippen molar-refractivity contribution in [2.45, 2.75) is 0 Å². The standard InChI is InChI=1S/C23H26N4O3S/c1-26-12-14-27(15-13-26)22(29)18-7-5-8-19(16-18)24-23(31)25-21(28)11-10-17-6-3-4-9-20(17)30-2/h3-11,16H,12-15H2,1-2H3,(H2,24,25,28,31)/b11-10+. The maximum Gasteiger partial charge on any atom is 0.254 e. The van der Waals surface area contributed by atoms with Gasteiger partial charge >= 0.3 is 0 Å². The fraction of sp³-hybridized carbons (Fsp3) is 0.261. The summed E-state index contributed by atoms with van der Waals surface area (Å²) in [5, 5.41) is 5.72. The lowest BCUT2D eigenvalue weighted by Gasteiger charge is -2.32. The van der Waals surface area contributed by atoms with Crippen molar-refractivity contribution in [3.05, 3.63) is 65.7 Å². The van der Waals surface area contributed by atoms with Crippen LogP contribution in [0.2, 0.25) is 0 Å². The lowest BCUT2D eigenvalue weighted by Crippen LogP contribution is -2.47. The van der Waals surface area contributed by atoms with Crippen LogP contribution in [0.3, 0.4) is 0 Å². The number of hydrogen-bond acceptors (Lipinski definition) is 5. The second-order valence-corrected chi connectivity index (χ2v) is 7.60. The second-order valence-electron chi connectivity index (χ2n) is 7.19. The molecule has 1 aliphatic rings. The molecule has 0 atom stereocenters. The molecule has 7 nitrogen and oxygen atoms in total. The molecule has 2 amide bonds. The van der Waals surface area contributed by atoms with E-state index in [4.69, 9.17) is 17.0 Å². The van der Waals surface area contributed by atoms with E-state index in [1.165, 1.54) is 6.08 Å². The molecular weight excluding hydrogens is 412 g/mol. The topological polar surface area (TPSA) is 73.9 Å². The SMILES string of the molecule is COc1ccccc1/C=C/C(=O)NC(=S)Nc1cccc(C(=O)N2CCN(C)CC2)c1. The highest BCUT2D eigenvalue weighted by atomic mass is 32.1. The summed E-state index contributed by atoms with van der Waals surface area (Å²) in [6.45, 7) is 3.14. The van der Waals surface area contributed by atoms with Gasteiger partial charge in [0.05, 0.1) is 7.11 Å². The van der Waals surface area contributed by atoms with Crippen molar-refractivity contribution >= 4 is 40.9 Å². The highest BCUT2D eigenvalue weighted by molar-refractivity contribution is 7.80. The van der Waals surface area contributed by atoms with Gasteiger partial charge in [-0.25, -0.2) is 0 Å². The van der Waals surface area contributed by atoms with Crippen molar-refractivity contribution in [2.75, 3.05) is 45.7 Å². The Morgan fingerprint density at radius 1 is 1.06 bits per heavy atom. The smallest absolute Gasteiger partial charge is 0.254 e. The van der Waals surface area contributed by atoms with Gasteiger partial charge < -0.3 is 19.9 Å². The molecule has 8 heteroatoms. The zero-order valence-electron chi connectivity index (χ0n) is 17.6. The zero-order valence-corrected chi connectivity index (χ0v) is 18.4. The van der Waals surface area contributed by atoms with Gasteiger partial charge in [-0.2, -0.15) is 0 Å². The molecule has 1 aliphatic heterocycles. The zero-order chi connectivity index (χ0) is 22.2. The van der Waals surface area contributed by atoms with Crippen molar-refractivity contribution in [1.82, 2.24) is 15.1 Å². The summed E-state index contributed by atoms with van der Waals surface area (Å²) in [5.74, 6) is 0.300. The number of ether oxygens (including phenoxy) is 1. The van der Waals surface area contributed by atoms with Gasteiger partial charge in [-0.15, -0.1) is 0 Å². The number of carbonyl (C=O) groups excluding carboxylic acids is 2. The number of carbonyl (C=O) groups is 2. The van der Waals surface area contributed by atoms with Gasteiger partial charge in [-0.1, -0.05) is 24.3 Å². The van der Waals surface area contributed by atoms with Gasteiger partial charge in [-0.3, -0.25) is 14.9 Å². The Bertz CT molecular complexity index is 984. The number of rotatable bonds is 5. The minimum absolute atomic E-state index is 0.00792. The average molecular weight is 439 g/mol. The Balaban J connectivity index is 1.56. The Hall–Kier alpha value is -3.23. The third-order valence-electron chi connectivity index (χ3n) is 4.95. The Kier molecular flexibility index (Phi) is 7.75. The van der Waals surface area contributed by atoms with E-state index in [2.05, 4.69) is 15.5 Å². The molecule has 31 heavy (non-hydrogen) atoms. The first-order valence-electron chi connectivity index (χ1n) is 9.97. The molecule has 1 heterocycles. The highest BCUT2D eigenvalue weighted by Crippen LogP contribution is 2.18. The molecule has 2 aromatic carbocycles. The summed E-state index contributed by atoms with van der Waals surface area (Å²) < 4.78 is 5.26. The van der Waals surface area contributed by atoms with Crippen molar-refractivity contribution in [1.29, 1.82) is 0 Å². The number of thiocarbonyl (C=S) groups is 1. The lowest BCUT2D eigenvalue weighted by atomic mass is 10.1. The van der Waals surface area contributed by atoms with E-state index in [1.54, 1.807) is 37.5 Å². The van der Waals surface area contributed by atoms with Crippen molar-refractivity contribution in [3.8, 4) is 5.75 Å². The molecule has 0 saturated carbocycles. The fourth-order valence-electron chi connectivity index (χ4n) is 3.21. The van der Waals surface area contributed by atoms with Crippen LogP contribution in [0.1, 0.15) is 15.9 Å². The number of nitrogens with one attached hydrogen (secondary N) is 2. The number of anilines is 1. The summed E-state index contributed by atoms with van der Waals surface area (Å²) in [5.41, 5.74) is 2.01. The first kappa shape index (κ1) is 22.5. The number of benzene rings is 2. The number of nitrogens with zero attached hydrogens (tertiary/aromatic N) is 2. The predicted octanol–water partition coefficient (Wildman–Crippen LogP) is 2.61. The Morgan fingerprint density at radius 3 is 2.55 bits per heavy atom.